The minimum Gasteiger partial charge on any atom is -0.469 e. The van der Waals surface area contributed by atoms with Crippen molar-refractivity contribution in [1.29, 1.82) is 0 Å². The van der Waals surface area contributed by atoms with E-state index in [0.717, 1.165) is 69.5 Å². The van der Waals surface area contributed by atoms with E-state index in [1.807, 2.05) is 18.2 Å². The third kappa shape index (κ3) is 5.47. The number of guanidine groups is 1. The molecule has 3 heterocycles. The number of aliphatic imine (C=N–C) groups is 1. The van der Waals surface area contributed by atoms with E-state index in [2.05, 4.69) is 37.4 Å². The van der Waals surface area contributed by atoms with Gasteiger partial charge in [-0.2, -0.15) is 0 Å². The first-order valence-electron chi connectivity index (χ1n) is 9.44. The van der Waals surface area contributed by atoms with Crippen LogP contribution >= 0.6 is 0 Å². The van der Waals surface area contributed by atoms with Gasteiger partial charge in [-0.3, -0.25) is 4.99 Å². The maximum absolute atomic E-state index is 5.38. The molecule has 0 radical (unpaired) electrons. The summed E-state index contributed by atoms with van der Waals surface area (Å²) in [7, 11) is 0. The molecule has 7 heteroatoms. The zero-order valence-corrected chi connectivity index (χ0v) is 15.4. The van der Waals surface area contributed by atoms with E-state index in [1.165, 1.54) is 0 Å². The first-order chi connectivity index (χ1) is 12.8. The van der Waals surface area contributed by atoms with Crippen LogP contribution in [0.3, 0.4) is 0 Å². The van der Waals surface area contributed by atoms with Gasteiger partial charge in [0, 0.05) is 51.0 Å². The predicted octanol–water partition coefficient (Wildman–Crippen LogP) is 2.23. The molecule has 0 unspecified atom stereocenters. The lowest BCUT2D eigenvalue weighted by Crippen LogP contribution is -2.49. The molecule has 7 nitrogen and oxygen atoms in total. The molecule has 1 saturated heterocycles. The highest BCUT2D eigenvalue weighted by molar-refractivity contribution is 5.80. The van der Waals surface area contributed by atoms with Gasteiger partial charge in [0.25, 0.3) is 0 Å². The molecule has 0 aliphatic carbocycles. The van der Waals surface area contributed by atoms with Gasteiger partial charge in [-0.25, -0.2) is 9.97 Å². The number of hydrogen-bond acceptors (Lipinski definition) is 5. The highest BCUT2D eigenvalue weighted by atomic mass is 16.3. The minimum absolute atomic E-state index is 0.418. The summed E-state index contributed by atoms with van der Waals surface area (Å²) in [6, 6.07) is 6.19. The molecule has 1 aliphatic rings. The number of furan rings is 1. The number of anilines is 1. The van der Waals surface area contributed by atoms with Crippen LogP contribution in [0.15, 0.2) is 46.3 Å². The van der Waals surface area contributed by atoms with Gasteiger partial charge in [0.1, 0.15) is 5.76 Å². The van der Waals surface area contributed by atoms with Gasteiger partial charge in [-0.05, 0) is 37.5 Å². The van der Waals surface area contributed by atoms with Crippen molar-refractivity contribution >= 4 is 11.9 Å². The first kappa shape index (κ1) is 18.2. The second-order valence-electron chi connectivity index (χ2n) is 6.44. The topological polar surface area (TPSA) is 78.6 Å². The Morgan fingerprint density at radius 2 is 2.08 bits per heavy atom. The molecule has 3 rings (SSSR count). The van der Waals surface area contributed by atoms with Gasteiger partial charge < -0.3 is 20.0 Å². The van der Waals surface area contributed by atoms with Crippen molar-refractivity contribution in [3.63, 3.8) is 0 Å². The number of aromatic nitrogens is 2. The molecule has 1 fully saturated rings. The molecule has 2 aromatic heterocycles. The smallest absolute Gasteiger partial charge is 0.225 e. The molecule has 0 spiro atoms. The Labute approximate surface area is 154 Å². The molecule has 140 valence electrons. The fraction of sp³-hybridized carbons (Fsp3) is 0.526. The molecule has 26 heavy (non-hydrogen) atoms. The van der Waals surface area contributed by atoms with Crippen LogP contribution in [0, 0.1) is 0 Å². The van der Waals surface area contributed by atoms with E-state index in [1.54, 1.807) is 18.7 Å². The first-order valence-corrected chi connectivity index (χ1v) is 9.44. The van der Waals surface area contributed by atoms with Crippen molar-refractivity contribution in [3.8, 4) is 0 Å². The maximum atomic E-state index is 5.38. The van der Waals surface area contributed by atoms with Crippen LogP contribution in [-0.4, -0.2) is 48.1 Å². The zero-order chi connectivity index (χ0) is 18.0. The average molecular weight is 356 g/mol. The number of piperidine rings is 1. The van der Waals surface area contributed by atoms with Gasteiger partial charge >= 0.3 is 0 Å². The van der Waals surface area contributed by atoms with Crippen LogP contribution < -0.4 is 15.5 Å². The number of nitrogens with one attached hydrogen (secondary N) is 2. The fourth-order valence-electron chi connectivity index (χ4n) is 3.01. The summed E-state index contributed by atoms with van der Waals surface area (Å²) in [5.74, 6) is 2.71. The van der Waals surface area contributed by atoms with Crippen molar-refractivity contribution < 1.29 is 4.42 Å². The van der Waals surface area contributed by atoms with Gasteiger partial charge in [0.05, 0.1) is 6.26 Å². The summed E-state index contributed by atoms with van der Waals surface area (Å²) in [4.78, 5) is 15.6. The zero-order valence-electron chi connectivity index (χ0n) is 15.4. The van der Waals surface area contributed by atoms with Crippen molar-refractivity contribution in [2.75, 3.05) is 31.1 Å². The molecule has 0 atom stereocenters. The van der Waals surface area contributed by atoms with Crippen LogP contribution in [0.5, 0.6) is 0 Å². The third-order valence-corrected chi connectivity index (χ3v) is 4.41. The lowest BCUT2D eigenvalue weighted by molar-refractivity contribution is 0.456. The molecule has 1 aliphatic heterocycles. The molecule has 0 bridgehead atoms. The normalized spacial score (nSPS) is 15.9. The third-order valence-electron chi connectivity index (χ3n) is 4.41. The van der Waals surface area contributed by atoms with E-state index in [4.69, 9.17) is 4.42 Å². The second-order valence-corrected chi connectivity index (χ2v) is 6.44. The lowest BCUT2D eigenvalue weighted by Gasteiger charge is -2.33. The van der Waals surface area contributed by atoms with E-state index in [9.17, 15) is 0 Å². The fourth-order valence-corrected chi connectivity index (χ4v) is 3.01. The molecule has 0 aromatic carbocycles. The molecule has 2 aromatic rings. The van der Waals surface area contributed by atoms with Crippen LogP contribution in [-0.2, 0) is 6.42 Å². The lowest BCUT2D eigenvalue weighted by atomic mass is 10.1. The van der Waals surface area contributed by atoms with E-state index < -0.39 is 0 Å². The van der Waals surface area contributed by atoms with Gasteiger partial charge in [-0.15, -0.1) is 0 Å². The molecule has 2 N–H and O–H groups in total. The van der Waals surface area contributed by atoms with Gasteiger partial charge in [0.2, 0.25) is 5.95 Å². The molecular weight excluding hydrogens is 328 g/mol. The van der Waals surface area contributed by atoms with E-state index in [0.29, 0.717) is 6.04 Å². The van der Waals surface area contributed by atoms with E-state index in [-0.39, 0.29) is 0 Å². The molecular formula is C19H28N6O. The minimum atomic E-state index is 0.418. The Balaban J connectivity index is 1.46. The van der Waals surface area contributed by atoms with Gasteiger partial charge in [-0.1, -0.05) is 6.92 Å². The van der Waals surface area contributed by atoms with Crippen LogP contribution in [0.1, 0.15) is 31.9 Å². The summed E-state index contributed by atoms with van der Waals surface area (Å²) < 4.78 is 5.38. The Morgan fingerprint density at radius 3 is 2.77 bits per heavy atom. The highest BCUT2D eigenvalue weighted by Crippen LogP contribution is 2.15. The number of rotatable bonds is 7. The summed E-state index contributed by atoms with van der Waals surface area (Å²) in [6.45, 7) is 5.68. The molecule has 0 amide bonds. The number of nitrogens with zero attached hydrogens (tertiary/aromatic N) is 4. The van der Waals surface area contributed by atoms with Crippen molar-refractivity contribution in [3.05, 3.63) is 42.6 Å². The highest BCUT2D eigenvalue weighted by Gasteiger charge is 2.21. The monoisotopic (exact) mass is 356 g/mol. The number of hydrogen-bond donors (Lipinski definition) is 2. The summed E-state index contributed by atoms with van der Waals surface area (Å²) in [5.41, 5.74) is 0. The van der Waals surface area contributed by atoms with Crippen molar-refractivity contribution in [2.45, 2.75) is 38.6 Å². The average Bonchev–Trinajstić information content (AvgIpc) is 3.21. The van der Waals surface area contributed by atoms with Crippen molar-refractivity contribution in [1.82, 2.24) is 20.6 Å². The van der Waals surface area contributed by atoms with Crippen molar-refractivity contribution in [2.24, 2.45) is 4.99 Å². The Bertz CT molecular complexity index is 650. The Morgan fingerprint density at radius 1 is 1.27 bits per heavy atom. The summed E-state index contributed by atoms with van der Waals surface area (Å²) >= 11 is 0. The predicted molar refractivity (Wildman–Crippen MR) is 103 cm³/mol. The van der Waals surface area contributed by atoms with Crippen LogP contribution in [0.25, 0.3) is 0 Å². The molecule has 0 saturated carbocycles. The van der Waals surface area contributed by atoms with Gasteiger partial charge in [0.15, 0.2) is 5.96 Å². The SMILES string of the molecule is CCCN=C(NCCc1ccco1)NC1CCN(c2ncccn2)CC1. The quantitative estimate of drug-likeness (QED) is 0.585. The van der Waals surface area contributed by atoms with Crippen LogP contribution in [0.2, 0.25) is 0 Å². The summed E-state index contributed by atoms with van der Waals surface area (Å²) in [6.07, 6.45) is 9.28. The largest absolute Gasteiger partial charge is 0.469 e. The van der Waals surface area contributed by atoms with E-state index >= 15 is 0 Å². The summed E-state index contributed by atoms with van der Waals surface area (Å²) in [5, 5.41) is 7.01. The second kappa shape index (κ2) is 9.79. The van der Waals surface area contributed by atoms with Crippen LogP contribution in [0.4, 0.5) is 5.95 Å². The Kier molecular flexibility index (Phi) is 6.87. The maximum Gasteiger partial charge on any atom is 0.225 e. The standard InChI is InChI=1S/C19H28N6O/c1-2-9-20-18(21-12-6-17-5-3-15-26-17)24-16-7-13-25(14-8-16)19-22-10-4-11-23-19/h3-5,10-11,15-16H,2,6-9,12-14H2,1H3,(H2,20,21,24). The Hall–Kier alpha value is -2.57.